The largest absolute Gasteiger partial charge is 0.490 e. The van der Waals surface area contributed by atoms with Gasteiger partial charge in [0, 0.05) is 22.6 Å². The van der Waals surface area contributed by atoms with E-state index in [0.717, 1.165) is 0 Å². The monoisotopic (exact) mass is 433 g/mol. The van der Waals surface area contributed by atoms with Crippen molar-refractivity contribution in [1.82, 2.24) is 10.9 Å². The van der Waals surface area contributed by atoms with E-state index < -0.39 is 11.8 Å². The Hall–Kier alpha value is -2.87. The van der Waals surface area contributed by atoms with Crippen molar-refractivity contribution in [1.29, 1.82) is 0 Å². The number of halogens is 1. The van der Waals surface area contributed by atoms with Gasteiger partial charge in [-0.05, 0) is 56.3 Å². The molecule has 0 heterocycles. The molecule has 0 saturated heterocycles. The van der Waals surface area contributed by atoms with Crippen LogP contribution in [-0.4, -0.2) is 23.8 Å². The molecule has 7 nitrogen and oxygen atoms in total. The molecule has 0 aliphatic heterocycles. The second-order valence-electron chi connectivity index (χ2n) is 5.97. The second-order valence-corrected chi connectivity index (χ2v) is 6.89. The molecule has 2 aromatic carbocycles. The van der Waals surface area contributed by atoms with Gasteiger partial charge in [0.15, 0.2) is 0 Å². The summed E-state index contributed by atoms with van der Waals surface area (Å²) in [5.74, 6) is -0.776. The Morgan fingerprint density at radius 3 is 2.19 bits per heavy atom. The third-order valence-electron chi connectivity index (χ3n) is 3.31. The van der Waals surface area contributed by atoms with Crippen LogP contribution in [0.25, 0.3) is 0 Å². The van der Waals surface area contributed by atoms with Crippen LogP contribution >= 0.6 is 15.9 Å². The lowest BCUT2D eigenvalue weighted by atomic mass is 10.2. The normalized spacial score (nSPS) is 10.3. The van der Waals surface area contributed by atoms with Gasteiger partial charge in [-0.3, -0.25) is 25.2 Å². The fourth-order valence-electron chi connectivity index (χ4n) is 2.20. The number of rotatable bonds is 5. The highest BCUT2D eigenvalue weighted by molar-refractivity contribution is 9.10. The van der Waals surface area contributed by atoms with Crippen LogP contribution < -0.4 is 20.9 Å². The molecule has 0 bridgehead atoms. The maximum absolute atomic E-state index is 12.4. The minimum Gasteiger partial charge on any atom is -0.490 e. The molecule has 0 unspecified atom stereocenters. The van der Waals surface area contributed by atoms with Gasteiger partial charge in [0.2, 0.25) is 5.91 Å². The van der Waals surface area contributed by atoms with Gasteiger partial charge in [-0.2, -0.15) is 0 Å². The summed E-state index contributed by atoms with van der Waals surface area (Å²) < 4.78 is 6.34. The zero-order valence-corrected chi connectivity index (χ0v) is 16.7. The van der Waals surface area contributed by atoms with E-state index in [0.29, 0.717) is 27.0 Å². The molecule has 8 heteroatoms. The van der Waals surface area contributed by atoms with E-state index in [1.54, 1.807) is 42.5 Å². The van der Waals surface area contributed by atoms with E-state index in [-0.39, 0.29) is 12.0 Å². The molecule has 0 saturated carbocycles. The third-order valence-corrected chi connectivity index (χ3v) is 3.80. The minimum atomic E-state index is -0.504. The van der Waals surface area contributed by atoms with Crippen molar-refractivity contribution in [2.75, 3.05) is 5.32 Å². The first-order valence-corrected chi connectivity index (χ1v) is 9.00. The number of anilines is 1. The van der Waals surface area contributed by atoms with Crippen LogP contribution in [0.15, 0.2) is 46.9 Å². The molecule has 0 spiro atoms. The summed E-state index contributed by atoms with van der Waals surface area (Å²) in [4.78, 5) is 35.6. The van der Waals surface area contributed by atoms with Gasteiger partial charge in [0.25, 0.3) is 11.8 Å². The first kappa shape index (κ1) is 20.4. The number of carbonyl (C=O) groups is 3. The van der Waals surface area contributed by atoms with Gasteiger partial charge in [0.1, 0.15) is 5.75 Å². The molecule has 27 heavy (non-hydrogen) atoms. The molecule has 3 amide bonds. The molecule has 0 aliphatic carbocycles. The molecule has 142 valence electrons. The molecule has 0 fully saturated rings. The third kappa shape index (κ3) is 6.10. The molecule has 2 rings (SSSR count). The summed E-state index contributed by atoms with van der Waals surface area (Å²) in [5, 5.41) is 2.61. The quantitative estimate of drug-likeness (QED) is 0.630. The number of carbonyl (C=O) groups excluding carboxylic acids is 3. The summed E-state index contributed by atoms with van der Waals surface area (Å²) in [6, 6.07) is 11.3. The number of hydrogen-bond donors (Lipinski definition) is 3. The average molecular weight is 434 g/mol. The number of hydrogen-bond acceptors (Lipinski definition) is 4. The van der Waals surface area contributed by atoms with Gasteiger partial charge in [-0.15, -0.1) is 0 Å². The summed E-state index contributed by atoms with van der Waals surface area (Å²) in [5.41, 5.74) is 5.94. The smallest absolute Gasteiger partial charge is 0.273 e. The average Bonchev–Trinajstić information content (AvgIpc) is 2.60. The van der Waals surface area contributed by atoms with Crippen LogP contribution in [-0.2, 0) is 4.79 Å². The zero-order chi connectivity index (χ0) is 20.0. The summed E-state index contributed by atoms with van der Waals surface area (Å²) in [6.45, 7) is 5.11. The van der Waals surface area contributed by atoms with Crippen LogP contribution in [0.3, 0.4) is 0 Å². The summed E-state index contributed by atoms with van der Waals surface area (Å²) in [7, 11) is 0. The second kappa shape index (κ2) is 9.18. The summed E-state index contributed by atoms with van der Waals surface area (Å²) in [6.07, 6.45) is -0.102. The summed E-state index contributed by atoms with van der Waals surface area (Å²) >= 11 is 3.32. The number of benzene rings is 2. The van der Waals surface area contributed by atoms with Crippen molar-refractivity contribution in [3.05, 3.63) is 58.1 Å². The van der Waals surface area contributed by atoms with Gasteiger partial charge in [-0.1, -0.05) is 15.9 Å². The van der Waals surface area contributed by atoms with Gasteiger partial charge >= 0.3 is 0 Å². The zero-order valence-electron chi connectivity index (χ0n) is 15.1. The predicted octanol–water partition coefficient (Wildman–Crippen LogP) is 3.27. The topological polar surface area (TPSA) is 96.5 Å². The van der Waals surface area contributed by atoms with Gasteiger partial charge in [0.05, 0.1) is 11.7 Å². The van der Waals surface area contributed by atoms with Crippen LogP contribution in [0.1, 0.15) is 41.5 Å². The maximum atomic E-state index is 12.4. The highest BCUT2D eigenvalue weighted by Crippen LogP contribution is 2.24. The van der Waals surface area contributed by atoms with E-state index >= 15 is 0 Å². The number of nitrogens with one attached hydrogen (secondary N) is 3. The minimum absolute atomic E-state index is 0.102. The number of ether oxygens (including phenoxy) is 1. The van der Waals surface area contributed by atoms with E-state index in [9.17, 15) is 14.4 Å². The Morgan fingerprint density at radius 1 is 0.963 bits per heavy atom. The van der Waals surface area contributed by atoms with Crippen molar-refractivity contribution in [3.63, 3.8) is 0 Å². The fourth-order valence-corrected chi connectivity index (χ4v) is 2.56. The van der Waals surface area contributed by atoms with E-state index in [1.807, 2.05) is 13.8 Å². The maximum Gasteiger partial charge on any atom is 0.273 e. The Kier molecular flexibility index (Phi) is 6.95. The van der Waals surface area contributed by atoms with Crippen molar-refractivity contribution < 1.29 is 19.1 Å². The Bertz CT molecular complexity index is 851. The lowest BCUT2D eigenvalue weighted by Crippen LogP contribution is -2.41. The molecule has 0 aliphatic rings. The Labute approximate surface area is 165 Å². The van der Waals surface area contributed by atoms with Gasteiger partial charge in [-0.25, -0.2) is 0 Å². The van der Waals surface area contributed by atoms with Crippen molar-refractivity contribution in [2.24, 2.45) is 0 Å². The molecular weight excluding hydrogens is 414 g/mol. The standard InChI is InChI=1S/C19H20BrN3O4/c1-11(2)27-17-9-6-14(20)10-16(17)19(26)23-22-18(25)13-4-7-15(8-5-13)21-12(3)24/h4-11H,1-3H3,(H,21,24)(H,22,25)(H,23,26). The Balaban J connectivity index is 2.03. The van der Waals surface area contributed by atoms with E-state index in [1.165, 1.54) is 6.92 Å². The highest BCUT2D eigenvalue weighted by Gasteiger charge is 2.15. The van der Waals surface area contributed by atoms with Gasteiger partial charge < -0.3 is 10.1 Å². The Morgan fingerprint density at radius 2 is 1.59 bits per heavy atom. The predicted molar refractivity (Wildman–Crippen MR) is 106 cm³/mol. The SMILES string of the molecule is CC(=O)Nc1ccc(C(=O)NNC(=O)c2cc(Br)ccc2OC(C)C)cc1. The lowest BCUT2D eigenvalue weighted by molar-refractivity contribution is -0.114. The van der Waals surface area contributed by atoms with Crippen molar-refractivity contribution >= 4 is 39.3 Å². The van der Waals surface area contributed by atoms with Crippen LogP contribution in [0.4, 0.5) is 5.69 Å². The molecule has 0 atom stereocenters. The molecule has 0 radical (unpaired) electrons. The number of amides is 3. The molecular formula is C19H20BrN3O4. The highest BCUT2D eigenvalue weighted by atomic mass is 79.9. The molecule has 2 aromatic rings. The molecule has 0 aromatic heterocycles. The first-order valence-electron chi connectivity index (χ1n) is 8.21. The van der Waals surface area contributed by atoms with Crippen LogP contribution in [0.5, 0.6) is 5.75 Å². The molecule has 3 N–H and O–H groups in total. The number of hydrazine groups is 1. The first-order chi connectivity index (χ1) is 12.8. The van der Waals surface area contributed by atoms with Crippen molar-refractivity contribution in [2.45, 2.75) is 26.9 Å². The van der Waals surface area contributed by atoms with Crippen LogP contribution in [0.2, 0.25) is 0 Å². The fraction of sp³-hybridized carbons (Fsp3) is 0.211. The van der Waals surface area contributed by atoms with E-state index in [2.05, 4.69) is 32.1 Å². The van der Waals surface area contributed by atoms with Crippen molar-refractivity contribution in [3.8, 4) is 5.75 Å². The lowest BCUT2D eigenvalue weighted by Gasteiger charge is -2.15. The van der Waals surface area contributed by atoms with Crippen LogP contribution in [0, 0.1) is 0 Å². The van der Waals surface area contributed by atoms with E-state index in [4.69, 9.17) is 4.74 Å².